The number of ether oxygens (including phenoxy) is 1. The predicted octanol–water partition coefficient (Wildman–Crippen LogP) is 3.66. The summed E-state index contributed by atoms with van der Waals surface area (Å²) in [6.07, 6.45) is -0.826. The molecular formula is C17H26IN2O5PS. The van der Waals surface area contributed by atoms with Crippen LogP contribution in [0.3, 0.4) is 0 Å². The summed E-state index contributed by atoms with van der Waals surface area (Å²) in [5.41, 5.74) is 0.946. The van der Waals surface area contributed by atoms with Gasteiger partial charge in [-0.25, -0.2) is 4.79 Å². The van der Waals surface area contributed by atoms with Crippen LogP contribution in [0, 0.1) is 0 Å². The minimum absolute atomic E-state index is 0.0255. The number of aliphatic hydroxyl groups is 1. The van der Waals surface area contributed by atoms with Gasteiger partial charge in [-0.3, -0.25) is 9.69 Å². The molecule has 1 aliphatic rings. The van der Waals surface area contributed by atoms with Crippen LogP contribution in [-0.4, -0.2) is 59.8 Å². The Balaban J connectivity index is 2.45. The molecule has 27 heavy (non-hydrogen) atoms. The van der Waals surface area contributed by atoms with Crippen molar-refractivity contribution in [3.05, 3.63) is 21.4 Å². The average molecular weight is 528 g/mol. The lowest BCUT2D eigenvalue weighted by molar-refractivity contribution is -0.135. The smallest absolute Gasteiger partial charge is 0.411 e. The van der Waals surface area contributed by atoms with Crippen LogP contribution in [0.4, 0.5) is 4.79 Å². The molecule has 10 heteroatoms. The molecule has 0 aliphatic carbocycles. The summed E-state index contributed by atoms with van der Waals surface area (Å²) in [5.74, 6) is -0.217. The second-order valence-electron chi connectivity index (χ2n) is 7.50. The zero-order valence-corrected chi connectivity index (χ0v) is 20.1. The van der Waals surface area contributed by atoms with E-state index in [-0.39, 0.29) is 12.5 Å². The third-order valence-electron chi connectivity index (χ3n) is 4.03. The molecule has 1 aliphatic heterocycles. The van der Waals surface area contributed by atoms with Crippen molar-refractivity contribution in [2.75, 3.05) is 27.2 Å². The first-order chi connectivity index (χ1) is 12.6. The van der Waals surface area contributed by atoms with Gasteiger partial charge in [0.1, 0.15) is 17.7 Å². The molecule has 7 nitrogen and oxygen atoms in total. The van der Waals surface area contributed by atoms with Crippen LogP contribution >= 0.6 is 39.8 Å². The van der Waals surface area contributed by atoms with Crippen molar-refractivity contribution in [1.82, 2.24) is 9.80 Å². The van der Waals surface area contributed by atoms with Crippen molar-refractivity contribution < 1.29 is 24.0 Å². The molecule has 0 saturated heterocycles. The number of fused-ring (bicyclic) bond motifs is 1. The Morgan fingerprint density at radius 2 is 2.11 bits per heavy atom. The lowest BCUT2D eigenvalue weighted by Gasteiger charge is -2.39. The van der Waals surface area contributed by atoms with Crippen molar-refractivity contribution in [3.8, 4) is 0 Å². The van der Waals surface area contributed by atoms with E-state index in [1.54, 1.807) is 34.9 Å². The van der Waals surface area contributed by atoms with Crippen LogP contribution in [0.25, 0.3) is 0 Å². The highest BCUT2D eigenvalue weighted by Crippen LogP contribution is 2.42. The molecule has 2 rings (SSSR count). The van der Waals surface area contributed by atoms with E-state index in [0.717, 1.165) is 10.4 Å². The highest BCUT2D eigenvalue weighted by atomic mass is 127. The Labute approximate surface area is 178 Å². The summed E-state index contributed by atoms with van der Waals surface area (Å²) in [4.78, 5) is 29.3. The first-order valence-electron chi connectivity index (χ1n) is 8.53. The van der Waals surface area contributed by atoms with Crippen molar-refractivity contribution >= 4 is 51.8 Å². The van der Waals surface area contributed by atoms with Gasteiger partial charge in [0, 0.05) is 24.5 Å². The third-order valence-corrected chi connectivity index (χ3v) is 6.42. The van der Waals surface area contributed by atoms with E-state index in [9.17, 15) is 14.7 Å². The minimum Gasteiger partial charge on any atom is -0.444 e. The van der Waals surface area contributed by atoms with E-state index < -0.39 is 23.8 Å². The second-order valence-corrected chi connectivity index (χ2v) is 10.2. The predicted molar refractivity (Wildman–Crippen MR) is 116 cm³/mol. The van der Waals surface area contributed by atoms with Gasteiger partial charge in [-0.05, 0) is 60.2 Å². The fourth-order valence-electron chi connectivity index (χ4n) is 2.91. The molecule has 0 radical (unpaired) electrons. The summed E-state index contributed by atoms with van der Waals surface area (Å²) in [5, 5.41) is 12.6. The Kier molecular flexibility index (Phi) is 7.89. The van der Waals surface area contributed by atoms with Crippen LogP contribution in [0.15, 0.2) is 5.38 Å². The van der Waals surface area contributed by atoms with E-state index in [0.29, 0.717) is 25.0 Å². The number of carbonyl (C=O) groups is 2. The van der Waals surface area contributed by atoms with E-state index in [2.05, 4.69) is 22.0 Å². The fourth-order valence-corrected chi connectivity index (χ4v) is 4.87. The standard InChI is InChI=1S/C17H26IN2O5PS/c1-17(2,3)25-16(23)20-8-11(21)14-12(13(20)15(22)19(4)5)10(9-27-14)6-7-24-26-18/h9,11,13,21,26H,6-8H2,1-5H3. The van der Waals surface area contributed by atoms with E-state index in [4.69, 9.17) is 9.26 Å². The quantitative estimate of drug-likeness (QED) is 0.359. The van der Waals surface area contributed by atoms with Crippen LogP contribution < -0.4 is 0 Å². The van der Waals surface area contributed by atoms with Gasteiger partial charge in [0.05, 0.1) is 19.6 Å². The van der Waals surface area contributed by atoms with Crippen LogP contribution in [0.2, 0.25) is 0 Å². The zero-order valence-electron chi connectivity index (χ0n) is 16.1. The molecule has 0 aromatic carbocycles. The third kappa shape index (κ3) is 5.53. The molecule has 0 saturated carbocycles. The van der Waals surface area contributed by atoms with Gasteiger partial charge in [-0.1, -0.05) is 0 Å². The summed E-state index contributed by atoms with van der Waals surface area (Å²) in [6, 6.07) is -0.809. The number of amides is 2. The van der Waals surface area contributed by atoms with Crippen LogP contribution in [0.5, 0.6) is 0 Å². The van der Waals surface area contributed by atoms with Gasteiger partial charge in [0.2, 0.25) is 5.91 Å². The monoisotopic (exact) mass is 528 g/mol. The highest BCUT2D eigenvalue weighted by molar-refractivity contribution is 14.2. The molecule has 0 spiro atoms. The zero-order chi connectivity index (χ0) is 20.4. The molecule has 2 amide bonds. The normalized spacial score (nSPS) is 20.0. The Morgan fingerprint density at radius 1 is 1.44 bits per heavy atom. The first-order valence-corrected chi connectivity index (χ1v) is 13.4. The Bertz CT molecular complexity index is 691. The maximum absolute atomic E-state index is 13.0. The van der Waals surface area contributed by atoms with Gasteiger partial charge >= 0.3 is 6.09 Å². The average Bonchev–Trinajstić information content (AvgIpc) is 2.97. The molecule has 3 unspecified atom stereocenters. The lowest BCUT2D eigenvalue weighted by Crippen LogP contribution is -2.49. The van der Waals surface area contributed by atoms with E-state index in [1.165, 1.54) is 21.1 Å². The molecule has 0 fully saturated rings. The van der Waals surface area contributed by atoms with Gasteiger partial charge in [-0.2, -0.15) is 0 Å². The van der Waals surface area contributed by atoms with Crippen molar-refractivity contribution in [3.63, 3.8) is 0 Å². The molecule has 152 valence electrons. The van der Waals surface area contributed by atoms with Crippen molar-refractivity contribution in [2.45, 2.75) is 44.9 Å². The number of aliphatic hydroxyl groups excluding tert-OH is 1. The van der Waals surface area contributed by atoms with Crippen LogP contribution in [0.1, 0.15) is 48.9 Å². The highest BCUT2D eigenvalue weighted by Gasteiger charge is 2.44. The SMILES string of the molecule is CN(C)C(=O)C1c2c(CCOPI)csc2C(O)CN1C(=O)OC(C)(C)C. The molecule has 1 aromatic rings. The van der Waals surface area contributed by atoms with Crippen molar-refractivity contribution in [1.29, 1.82) is 0 Å². The summed E-state index contributed by atoms with van der Waals surface area (Å²) >= 11 is 3.58. The van der Waals surface area contributed by atoms with Gasteiger partial charge < -0.3 is 19.3 Å². The Morgan fingerprint density at radius 3 is 2.67 bits per heavy atom. The topological polar surface area (TPSA) is 79.3 Å². The number of rotatable bonds is 5. The largest absolute Gasteiger partial charge is 0.444 e. The number of thiophene rings is 1. The number of β-amino-alcohol motifs (C(OH)–C–C–N with tert-alkyl or cyclic N) is 1. The summed E-state index contributed by atoms with van der Waals surface area (Å²) in [7, 11) is 3.32. The lowest BCUT2D eigenvalue weighted by atomic mass is 9.92. The van der Waals surface area contributed by atoms with Gasteiger partial charge in [0.25, 0.3) is 0 Å². The fraction of sp³-hybridized carbons (Fsp3) is 0.647. The summed E-state index contributed by atoms with van der Waals surface area (Å²) < 4.78 is 11.0. The number of hydrogen-bond acceptors (Lipinski definition) is 6. The molecule has 3 atom stereocenters. The van der Waals surface area contributed by atoms with E-state index in [1.807, 2.05) is 5.38 Å². The minimum atomic E-state index is -0.843. The molecule has 1 aromatic heterocycles. The number of carbonyl (C=O) groups excluding carboxylic acids is 2. The number of likely N-dealkylation sites (N-methyl/N-ethyl adjacent to an activating group) is 1. The van der Waals surface area contributed by atoms with Crippen LogP contribution in [-0.2, 0) is 20.5 Å². The maximum Gasteiger partial charge on any atom is 0.411 e. The van der Waals surface area contributed by atoms with Gasteiger partial charge in [0.15, 0.2) is 0 Å². The van der Waals surface area contributed by atoms with Crippen molar-refractivity contribution in [2.24, 2.45) is 0 Å². The molecule has 1 N–H and O–H groups in total. The first kappa shape index (κ1) is 22.8. The second kappa shape index (κ2) is 9.35. The number of hydrogen-bond donors (Lipinski definition) is 1. The maximum atomic E-state index is 13.0. The number of halogens is 1. The van der Waals surface area contributed by atoms with E-state index >= 15 is 0 Å². The van der Waals surface area contributed by atoms with Gasteiger partial charge in [-0.15, -0.1) is 11.3 Å². The Hall–Kier alpha value is -0.480. The molecular weight excluding hydrogens is 502 g/mol. The molecule has 0 bridgehead atoms. The summed E-state index contributed by atoms with van der Waals surface area (Å²) in [6.45, 7) is 6.23. The molecule has 2 heterocycles. The number of nitrogens with zero attached hydrogens (tertiary/aromatic N) is 2.